The summed E-state index contributed by atoms with van der Waals surface area (Å²) in [5.41, 5.74) is -0.912. The topological polar surface area (TPSA) is 76.0 Å². The molecule has 0 radical (unpaired) electrons. The summed E-state index contributed by atoms with van der Waals surface area (Å²) >= 11 is 0. The molecule has 9 heteroatoms. The summed E-state index contributed by atoms with van der Waals surface area (Å²) in [6.45, 7) is 2.63. The van der Waals surface area contributed by atoms with Crippen molar-refractivity contribution in [1.29, 1.82) is 0 Å². The van der Waals surface area contributed by atoms with Crippen LogP contribution in [0.15, 0.2) is 12.3 Å². The van der Waals surface area contributed by atoms with E-state index >= 15 is 0 Å². The van der Waals surface area contributed by atoms with Gasteiger partial charge in [-0.05, 0) is 5.92 Å². The van der Waals surface area contributed by atoms with Crippen molar-refractivity contribution in [2.75, 3.05) is 11.9 Å². The fourth-order valence-electron chi connectivity index (χ4n) is 2.44. The zero-order valence-corrected chi connectivity index (χ0v) is 12.2. The SMILES string of the molecule is CC(C)C1(C(=O)Nc2ccn(CC(F)(F)F)n2)CNC(=O)C1. The summed E-state index contributed by atoms with van der Waals surface area (Å²) < 4.78 is 37.5. The zero-order chi connectivity index (χ0) is 16.5. The van der Waals surface area contributed by atoms with Gasteiger partial charge in [-0.25, -0.2) is 0 Å². The number of halogens is 3. The van der Waals surface area contributed by atoms with Crippen molar-refractivity contribution >= 4 is 17.6 Å². The van der Waals surface area contributed by atoms with E-state index in [-0.39, 0.29) is 30.6 Å². The molecule has 22 heavy (non-hydrogen) atoms. The van der Waals surface area contributed by atoms with Crippen LogP contribution in [-0.4, -0.2) is 34.3 Å². The molecule has 1 fully saturated rings. The number of nitrogens with one attached hydrogen (secondary N) is 2. The van der Waals surface area contributed by atoms with Gasteiger partial charge in [0.2, 0.25) is 11.8 Å². The normalized spacial score (nSPS) is 22.0. The molecule has 1 saturated heterocycles. The minimum Gasteiger partial charge on any atom is -0.355 e. The van der Waals surface area contributed by atoms with Gasteiger partial charge < -0.3 is 10.6 Å². The Hall–Kier alpha value is -2.06. The first kappa shape index (κ1) is 16.3. The molecule has 0 bridgehead atoms. The molecule has 2 N–H and O–H groups in total. The lowest BCUT2D eigenvalue weighted by atomic mass is 9.75. The van der Waals surface area contributed by atoms with Gasteiger partial charge in [0, 0.05) is 25.2 Å². The predicted octanol–water partition coefficient (Wildman–Crippen LogP) is 1.55. The van der Waals surface area contributed by atoms with Crippen molar-refractivity contribution in [1.82, 2.24) is 15.1 Å². The van der Waals surface area contributed by atoms with Gasteiger partial charge in [0.25, 0.3) is 0 Å². The molecule has 0 aromatic carbocycles. The van der Waals surface area contributed by atoms with Crippen LogP contribution in [0, 0.1) is 11.3 Å². The van der Waals surface area contributed by atoms with E-state index in [1.54, 1.807) is 0 Å². The molecule has 1 aromatic rings. The van der Waals surface area contributed by atoms with E-state index < -0.39 is 24.0 Å². The monoisotopic (exact) mass is 318 g/mol. The van der Waals surface area contributed by atoms with Crippen molar-refractivity contribution in [2.45, 2.75) is 33.0 Å². The molecular weight excluding hydrogens is 301 g/mol. The van der Waals surface area contributed by atoms with Crippen LogP contribution in [0.2, 0.25) is 0 Å². The number of amides is 2. The summed E-state index contributed by atoms with van der Waals surface area (Å²) in [4.78, 5) is 23.9. The van der Waals surface area contributed by atoms with Crippen LogP contribution in [0.1, 0.15) is 20.3 Å². The van der Waals surface area contributed by atoms with Crippen molar-refractivity contribution < 1.29 is 22.8 Å². The van der Waals surface area contributed by atoms with Gasteiger partial charge in [0.15, 0.2) is 5.82 Å². The molecule has 6 nitrogen and oxygen atoms in total. The van der Waals surface area contributed by atoms with E-state index in [0.717, 1.165) is 6.20 Å². The lowest BCUT2D eigenvalue weighted by Gasteiger charge is -2.29. The molecule has 122 valence electrons. The molecule has 1 aliphatic heterocycles. The largest absolute Gasteiger partial charge is 0.408 e. The Labute approximate surface area is 125 Å². The van der Waals surface area contributed by atoms with Gasteiger partial charge in [-0.2, -0.15) is 18.3 Å². The third-order valence-corrected chi connectivity index (χ3v) is 3.86. The standard InChI is InChI=1S/C13H17F3N4O2/c1-8(2)12(5-10(21)17-6-12)11(22)18-9-3-4-20(19-9)7-13(14,15)16/h3-4,8H,5-7H2,1-2H3,(H,17,21)(H,18,19,22). The second kappa shape index (κ2) is 5.62. The summed E-state index contributed by atoms with van der Waals surface area (Å²) in [7, 11) is 0. The summed E-state index contributed by atoms with van der Waals surface area (Å²) in [5, 5.41) is 8.80. The van der Waals surface area contributed by atoms with Crippen LogP contribution >= 0.6 is 0 Å². The number of alkyl halides is 3. The van der Waals surface area contributed by atoms with Crippen LogP contribution < -0.4 is 10.6 Å². The van der Waals surface area contributed by atoms with Gasteiger partial charge >= 0.3 is 6.18 Å². The number of hydrogen-bond acceptors (Lipinski definition) is 3. The summed E-state index contributed by atoms with van der Waals surface area (Å²) in [6.07, 6.45) is -3.18. The Balaban J connectivity index is 2.10. The third kappa shape index (κ3) is 3.40. The van der Waals surface area contributed by atoms with Crippen molar-refractivity contribution in [3.05, 3.63) is 12.3 Å². The molecule has 2 heterocycles. The zero-order valence-electron chi connectivity index (χ0n) is 12.2. The van der Waals surface area contributed by atoms with Crippen LogP contribution in [0.5, 0.6) is 0 Å². The summed E-state index contributed by atoms with van der Waals surface area (Å²) in [6, 6.07) is 1.29. The Morgan fingerprint density at radius 3 is 2.73 bits per heavy atom. The number of nitrogens with zero attached hydrogens (tertiary/aromatic N) is 2. The fourth-order valence-corrected chi connectivity index (χ4v) is 2.44. The van der Waals surface area contributed by atoms with E-state index in [1.165, 1.54) is 6.07 Å². The number of carbonyl (C=O) groups excluding carboxylic acids is 2. The second-order valence-electron chi connectivity index (χ2n) is 5.73. The highest BCUT2D eigenvalue weighted by molar-refractivity contribution is 5.99. The quantitative estimate of drug-likeness (QED) is 0.884. The van der Waals surface area contributed by atoms with Gasteiger partial charge in [-0.1, -0.05) is 13.8 Å². The molecule has 2 amide bonds. The Bertz CT molecular complexity index is 582. The van der Waals surface area contributed by atoms with E-state index in [4.69, 9.17) is 0 Å². The fraction of sp³-hybridized carbons (Fsp3) is 0.615. The molecule has 1 unspecified atom stereocenters. The van der Waals surface area contributed by atoms with Gasteiger partial charge in [-0.15, -0.1) is 0 Å². The lowest BCUT2D eigenvalue weighted by molar-refractivity contribution is -0.142. The third-order valence-electron chi connectivity index (χ3n) is 3.86. The number of carbonyl (C=O) groups is 2. The lowest BCUT2D eigenvalue weighted by Crippen LogP contribution is -2.42. The average Bonchev–Trinajstić information content (AvgIpc) is 2.95. The first-order chi connectivity index (χ1) is 10.1. The van der Waals surface area contributed by atoms with Crippen LogP contribution in [-0.2, 0) is 16.1 Å². The number of hydrogen-bond donors (Lipinski definition) is 2. The molecule has 0 saturated carbocycles. The summed E-state index contributed by atoms with van der Waals surface area (Å²) in [5.74, 6) is -0.707. The van der Waals surface area contributed by atoms with Crippen molar-refractivity contribution in [2.24, 2.45) is 11.3 Å². The van der Waals surface area contributed by atoms with Gasteiger partial charge in [0.1, 0.15) is 6.54 Å². The Kier molecular flexibility index (Phi) is 4.17. The van der Waals surface area contributed by atoms with Crippen LogP contribution in [0.25, 0.3) is 0 Å². The van der Waals surface area contributed by atoms with Crippen LogP contribution in [0.4, 0.5) is 19.0 Å². The molecule has 0 aliphatic carbocycles. The van der Waals surface area contributed by atoms with Gasteiger partial charge in [0.05, 0.1) is 5.41 Å². The highest BCUT2D eigenvalue weighted by Crippen LogP contribution is 2.35. The van der Waals surface area contributed by atoms with E-state index in [1.807, 2.05) is 13.8 Å². The Morgan fingerprint density at radius 1 is 1.55 bits per heavy atom. The minimum absolute atomic E-state index is 0.0358. The molecule has 1 aliphatic rings. The average molecular weight is 318 g/mol. The molecule has 1 atom stereocenters. The Morgan fingerprint density at radius 2 is 2.23 bits per heavy atom. The van der Waals surface area contributed by atoms with E-state index in [2.05, 4.69) is 15.7 Å². The van der Waals surface area contributed by atoms with Crippen molar-refractivity contribution in [3.63, 3.8) is 0 Å². The van der Waals surface area contributed by atoms with Gasteiger partial charge in [-0.3, -0.25) is 14.3 Å². The second-order valence-corrected chi connectivity index (χ2v) is 5.73. The maximum Gasteiger partial charge on any atom is 0.408 e. The maximum atomic E-state index is 12.4. The highest BCUT2D eigenvalue weighted by atomic mass is 19.4. The minimum atomic E-state index is -4.38. The number of aromatic nitrogens is 2. The predicted molar refractivity (Wildman–Crippen MR) is 71.8 cm³/mol. The molecular formula is C13H17F3N4O2. The molecule has 2 rings (SSSR count). The van der Waals surface area contributed by atoms with E-state index in [0.29, 0.717) is 4.68 Å². The highest BCUT2D eigenvalue weighted by Gasteiger charge is 2.47. The van der Waals surface area contributed by atoms with Crippen molar-refractivity contribution in [3.8, 4) is 0 Å². The first-order valence-electron chi connectivity index (χ1n) is 6.81. The first-order valence-corrected chi connectivity index (χ1v) is 6.81. The smallest absolute Gasteiger partial charge is 0.355 e. The molecule has 1 aromatic heterocycles. The molecule has 0 spiro atoms. The number of rotatable bonds is 4. The number of anilines is 1. The maximum absolute atomic E-state index is 12.4. The van der Waals surface area contributed by atoms with Crippen LogP contribution in [0.3, 0.4) is 0 Å². The van der Waals surface area contributed by atoms with E-state index in [9.17, 15) is 22.8 Å².